The summed E-state index contributed by atoms with van der Waals surface area (Å²) in [5, 5.41) is 9.36. The summed E-state index contributed by atoms with van der Waals surface area (Å²) in [5.74, 6) is 0. The van der Waals surface area contributed by atoms with Crippen molar-refractivity contribution >= 4 is 20.7 Å². The van der Waals surface area contributed by atoms with E-state index in [2.05, 4.69) is 11.1 Å². The molecular formula is C25H22N2O2S. The highest BCUT2D eigenvalue weighted by atomic mass is 32.2. The van der Waals surface area contributed by atoms with E-state index in [-0.39, 0.29) is 0 Å². The fraction of sp³-hybridized carbons (Fsp3) is 0.160. The fourth-order valence-electron chi connectivity index (χ4n) is 3.79. The summed E-state index contributed by atoms with van der Waals surface area (Å²) in [5.41, 5.74) is 4.16. The van der Waals surface area contributed by atoms with Gasteiger partial charge in [0.25, 0.3) is 0 Å². The summed E-state index contributed by atoms with van der Waals surface area (Å²) < 4.78 is 27.4. The lowest BCUT2D eigenvalue weighted by molar-refractivity contribution is 0.575. The average Bonchev–Trinajstić information content (AvgIpc) is 3.17. The molecule has 1 heterocycles. The van der Waals surface area contributed by atoms with Gasteiger partial charge in [0, 0.05) is 17.1 Å². The molecule has 0 saturated heterocycles. The highest BCUT2D eigenvalue weighted by Crippen LogP contribution is 2.37. The average molecular weight is 415 g/mol. The molecule has 1 unspecified atom stereocenters. The van der Waals surface area contributed by atoms with E-state index in [1.807, 2.05) is 55.5 Å². The molecule has 0 bridgehead atoms. The predicted octanol–water partition coefficient (Wildman–Crippen LogP) is 5.50. The molecule has 0 radical (unpaired) electrons. The van der Waals surface area contributed by atoms with Gasteiger partial charge in [-0.3, -0.25) is 0 Å². The van der Waals surface area contributed by atoms with Crippen molar-refractivity contribution in [2.24, 2.45) is 0 Å². The van der Waals surface area contributed by atoms with E-state index in [1.54, 1.807) is 30.5 Å². The van der Waals surface area contributed by atoms with Gasteiger partial charge in [-0.15, -0.1) is 0 Å². The summed E-state index contributed by atoms with van der Waals surface area (Å²) in [6.07, 6.45) is 2.86. The molecule has 5 heteroatoms. The molecule has 0 aliphatic rings. The lowest BCUT2D eigenvalue weighted by atomic mass is 10.0. The van der Waals surface area contributed by atoms with E-state index in [0.29, 0.717) is 28.9 Å². The van der Waals surface area contributed by atoms with Crippen molar-refractivity contribution in [3.63, 3.8) is 0 Å². The van der Waals surface area contributed by atoms with Crippen LogP contribution in [0, 0.1) is 18.3 Å². The van der Waals surface area contributed by atoms with Crippen LogP contribution in [0.1, 0.15) is 33.9 Å². The lowest BCUT2D eigenvalue weighted by Gasteiger charge is -2.18. The molecule has 1 atom stereocenters. The number of rotatable bonds is 6. The third-order valence-electron chi connectivity index (χ3n) is 5.45. The second-order valence-electron chi connectivity index (χ2n) is 7.49. The number of nitriles is 1. The van der Waals surface area contributed by atoms with Gasteiger partial charge < -0.3 is 4.98 Å². The molecule has 4 rings (SSSR count). The van der Waals surface area contributed by atoms with Crippen molar-refractivity contribution in [3.05, 3.63) is 101 Å². The van der Waals surface area contributed by atoms with Crippen molar-refractivity contribution in [3.8, 4) is 6.07 Å². The number of H-pyrrole nitrogens is 1. The molecule has 0 aliphatic heterocycles. The van der Waals surface area contributed by atoms with E-state index in [4.69, 9.17) is 0 Å². The standard InChI is InChI=1S/C25H22N2O2S/c1-18-7-11-21(12-8-18)30(28,29)25(14-10-19-5-3-2-4-6-19)23-17-27-24-13-9-20(16-26)15-22(23)24/h2-9,11-13,15,17,25,27H,10,14H2,1H3. The highest BCUT2D eigenvalue weighted by Gasteiger charge is 2.31. The highest BCUT2D eigenvalue weighted by molar-refractivity contribution is 7.91. The van der Waals surface area contributed by atoms with E-state index < -0.39 is 15.1 Å². The number of aryl methyl sites for hydroxylation is 2. The van der Waals surface area contributed by atoms with Gasteiger partial charge in [-0.25, -0.2) is 8.42 Å². The lowest BCUT2D eigenvalue weighted by Crippen LogP contribution is -2.15. The molecule has 30 heavy (non-hydrogen) atoms. The van der Waals surface area contributed by atoms with Crippen molar-refractivity contribution in [1.29, 1.82) is 5.26 Å². The molecule has 0 spiro atoms. The van der Waals surface area contributed by atoms with Crippen molar-refractivity contribution in [2.75, 3.05) is 0 Å². The molecule has 4 aromatic rings. The minimum absolute atomic E-state index is 0.317. The van der Waals surface area contributed by atoms with Crippen LogP contribution >= 0.6 is 0 Å². The third-order valence-corrected chi connectivity index (χ3v) is 7.62. The van der Waals surface area contributed by atoms with Gasteiger partial charge in [-0.05, 0) is 61.2 Å². The first-order valence-electron chi connectivity index (χ1n) is 9.84. The Morgan fingerprint density at radius 3 is 2.43 bits per heavy atom. The van der Waals surface area contributed by atoms with Crippen LogP contribution in [-0.4, -0.2) is 13.4 Å². The molecule has 0 saturated carbocycles. The number of nitrogens with one attached hydrogen (secondary N) is 1. The number of sulfone groups is 1. The van der Waals surface area contributed by atoms with Crippen molar-refractivity contribution < 1.29 is 8.42 Å². The van der Waals surface area contributed by atoms with Crippen molar-refractivity contribution in [2.45, 2.75) is 29.9 Å². The minimum Gasteiger partial charge on any atom is -0.361 e. The van der Waals surface area contributed by atoms with Crippen LogP contribution in [-0.2, 0) is 16.3 Å². The van der Waals surface area contributed by atoms with E-state index >= 15 is 0 Å². The molecule has 0 amide bonds. The molecule has 3 aromatic carbocycles. The Morgan fingerprint density at radius 2 is 1.73 bits per heavy atom. The molecular weight excluding hydrogens is 392 g/mol. The Balaban J connectivity index is 1.81. The number of nitrogens with zero attached hydrogens (tertiary/aromatic N) is 1. The fourth-order valence-corrected chi connectivity index (χ4v) is 5.59. The Bertz CT molecular complexity index is 1320. The van der Waals surface area contributed by atoms with Crippen molar-refractivity contribution in [1.82, 2.24) is 4.98 Å². The zero-order valence-electron chi connectivity index (χ0n) is 16.7. The maximum absolute atomic E-state index is 13.7. The number of hydrogen-bond acceptors (Lipinski definition) is 3. The normalized spacial score (nSPS) is 12.5. The quantitative estimate of drug-likeness (QED) is 0.453. The zero-order chi connectivity index (χ0) is 21.1. The Morgan fingerprint density at radius 1 is 1.00 bits per heavy atom. The largest absolute Gasteiger partial charge is 0.361 e. The first kappa shape index (κ1) is 19.9. The van der Waals surface area contributed by atoms with Gasteiger partial charge in [-0.2, -0.15) is 5.26 Å². The van der Waals surface area contributed by atoms with Gasteiger partial charge in [0.05, 0.1) is 21.8 Å². The monoisotopic (exact) mass is 414 g/mol. The Kier molecular flexibility index (Phi) is 5.43. The third kappa shape index (κ3) is 3.87. The summed E-state index contributed by atoms with van der Waals surface area (Å²) in [4.78, 5) is 3.49. The van der Waals surface area contributed by atoms with E-state index in [0.717, 1.165) is 22.0 Å². The van der Waals surface area contributed by atoms with E-state index in [1.165, 1.54) is 0 Å². The molecule has 4 nitrogen and oxygen atoms in total. The van der Waals surface area contributed by atoms with Gasteiger partial charge in [-0.1, -0.05) is 48.0 Å². The number of aromatic amines is 1. The Hall–Kier alpha value is -3.36. The smallest absolute Gasteiger partial charge is 0.185 e. The second kappa shape index (κ2) is 8.17. The molecule has 1 aromatic heterocycles. The van der Waals surface area contributed by atoms with Crippen LogP contribution in [0.4, 0.5) is 0 Å². The first-order valence-corrected chi connectivity index (χ1v) is 11.4. The number of fused-ring (bicyclic) bond motifs is 1. The van der Waals surface area contributed by atoms with Crippen LogP contribution in [0.5, 0.6) is 0 Å². The SMILES string of the molecule is Cc1ccc(S(=O)(=O)C(CCc2ccccc2)c2c[nH]c3ccc(C#N)cc23)cc1. The van der Waals surface area contributed by atoms with Gasteiger partial charge >= 0.3 is 0 Å². The first-order chi connectivity index (χ1) is 14.5. The van der Waals surface area contributed by atoms with Crippen LogP contribution in [0.2, 0.25) is 0 Å². The summed E-state index contributed by atoms with van der Waals surface area (Å²) in [7, 11) is -3.62. The number of aromatic nitrogens is 1. The number of hydrogen-bond donors (Lipinski definition) is 1. The number of benzene rings is 3. The Labute approximate surface area is 176 Å². The van der Waals surface area contributed by atoms with Crippen LogP contribution in [0.25, 0.3) is 10.9 Å². The second-order valence-corrected chi connectivity index (χ2v) is 9.62. The summed E-state index contributed by atoms with van der Waals surface area (Å²) >= 11 is 0. The minimum atomic E-state index is -3.62. The van der Waals surface area contributed by atoms with Crippen LogP contribution < -0.4 is 0 Å². The van der Waals surface area contributed by atoms with Gasteiger partial charge in [0.15, 0.2) is 9.84 Å². The molecule has 0 aliphatic carbocycles. The van der Waals surface area contributed by atoms with Crippen LogP contribution in [0.15, 0.2) is 83.9 Å². The maximum atomic E-state index is 13.7. The summed E-state index contributed by atoms with van der Waals surface area (Å²) in [6.45, 7) is 1.94. The zero-order valence-corrected chi connectivity index (χ0v) is 17.5. The topological polar surface area (TPSA) is 73.7 Å². The maximum Gasteiger partial charge on any atom is 0.185 e. The molecule has 150 valence electrons. The predicted molar refractivity (Wildman–Crippen MR) is 119 cm³/mol. The van der Waals surface area contributed by atoms with E-state index in [9.17, 15) is 13.7 Å². The van der Waals surface area contributed by atoms with Gasteiger partial charge in [0.1, 0.15) is 0 Å². The summed E-state index contributed by atoms with van der Waals surface area (Å²) in [6, 6.07) is 24.4. The van der Waals surface area contributed by atoms with Crippen LogP contribution in [0.3, 0.4) is 0 Å². The van der Waals surface area contributed by atoms with Gasteiger partial charge in [0.2, 0.25) is 0 Å². The molecule has 0 fully saturated rings. The molecule has 1 N–H and O–H groups in total.